The van der Waals surface area contributed by atoms with Gasteiger partial charge in [0.15, 0.2) is 0 Å². The van der Waals surface area contributed by atoms with Gasteiger partial charge in [-0.1, -0.05) is 18.2 Å². The van der Waals surface area contributed by atoms with Crippen LogP contribution >= 0.6 is 0 Å². The molecule has 0 saturated carbocycles. The number of hydrogen-bond acceptors (Lipinski definition) is 4. The summed E-state index contributed by atoms with van der Waals surface area (Å²) in [6, 6.07) is 11.3. The fraction of sp³-hybridized carbons (Fsp3) is 0.316. The van der Waals surface area contributed by atoms with Crippen LogP contribution in [0.1, 0.15) is 34.5 Å². The minimum absolute atomic E-state index is 0.0152. The van der Waals surface area contributed by atoms with Gasteiger partial charge < -0.3 is 15.5 Å². The summed E-state index contributed by atoms with van der Waals surface area (Å²) in [5.74, 6) is -0.0540. The van der Waals surface area contributed by atoms with Gasteiger partial charge >= 0.3 is 0 Å². The molecule has 3 rings (SSSR count). The maximum Gasteiger partial charge on any atom is 0.254 e. The lowest BCUT2D eigenvalue weighted by molar-refractivity contribution is -0.119. The first-order valence-corrected chi connectivity index (χ1v) is 8.40. The van der Waals surface area contributed by atoms with Gasteiger partial charge in [0.1, 0.15) is 0 Å². The first kappa shape index (κ1) is 17.1. The van der Waals surface area contributed by atoms with Crippen molar-refractivity contribution >= 4 is 11.8 Å². The quantitative estimate of drug-likeness (QED) is 0.886. The van der Waals surface area contributed by atoms with Crippen molar-refractivity contribution in [2.45, 2.75) is 19.5 Å². The Morgan fingerprint density at radius 3 is 2.76 bits per heavy atom. The highest BCUT2D eigenvalue weighted by Crippen LogP contribution is 2.23. The minimum atomic E-state index is -0.0692. The van der Waals surface area contributed by atoms with Crippen LogP contribution in [0, 0.1) is 0 Å². The van der Waals surface area contributed by atoms with Crippen LogP contribution in [-0.4, -0.2) is 41.3 Å². The molecule has 130 valence electrons. The predicted molar refractivity (Wildman–Crippen MR) is 94.8 cm³/mol. The van der Waals surface area contributed by atoms with Crippen LogP contribution in [0.4, 0.5) is 0 Å². The molecule has 0 radical (unpaired) electrons. The predicted octanol–water partition coefficient (Wildman–Crippen LogP) is 1.50. The summed E-state index contributed by atoms with van der Waals surface area (Å²) in [5.41, 5.74) is 2.66. The SMILES string of the molecule is CC(=O)NCc1ccc(C(=O)N2CCNCC2c2cccnc2)cc1. The minimum Gasteiger partial charge on any atom is -0.352 e. The summed E-state index contributed by atoms with van der Waals surface area (Å²) in [7, 11) is 0. The van der Waals surface area contributed by atoms with Crippen LogP contribution in [0.2, 0.25) is 0 Å². The second-order valence-corrected chi connectivity index (χ2v) is 6.11. The highest BCUT2D eigenvalue weighted by molar-refractivity contribution is 5.94. The van der Waals surface area contributed by atoms with E-state index in [4.69, 9.17) is 0 Å². The van der Waals surface area contributed by atoms with Gasteiger partial charge in [0.2, 0.25) is 5.91 Å². The molecule has 0 aliphatic carbocycles. The Balaban J connectivity index is 1.75. The lowest BCUT2D eigenvalue weighted by Crippen LogP contribution is -2.48. The molecule has 1 atom stereocenters. The van der Waals surface area contributed by atoms with Crippen molar-refractivity contribution in [3.05, 3.63) is 65.5 Å². The Morgan fingerprint density at radius 2 is 2.08 bits per heavy atom. The lowest BCUT2D eigenvalue weighted by Gasteiger charge is -2.36. The Hall–Kier alpha value is -2.73. The van der Waals surface area contributed by atoms with E-state index in [9.17, 15) is 9.59 Å². The maximum atomic E-state index is 13.0. The second-order valence-electron chi connectivity index (χ2n) is 6.11. The van der Waals surface area contributed by atoms with Gasteiger partial charge in [-0.25, -0.2) is 0 Å². The lowest BCUT2D eigenvalue weighted by atomic mass is 10.0. The largest absolute Gasteiger partial charge is 0.352 e. The van der Waals surface area contributed by atoms with Crippen LogP contribution < -0.4 is 10.6 Å². The van der Waals surface area contributed by atoms with Gasteiger partial charge in [0.05, 0.1) is 6.04 Å². The average molecular weight is 338 g/mol. The van der Waals surface area contributed by atoms with Crippen LogP contribution in [0.25, 0.3) is 0 Å². The first-order valence-electron chi connectivity index (χ1n) is 8.40. The molecule has 6 nitrogen and oxygen atoms in total. The van der Waals surface area contributed by atoms with Crippen molar-refractivity contribution in [3.8, 4) is 0 Å². The topological polar surface area (TPSA) is 74.3 Å². The van der Waals surface area contributed by atoms with Crippen LogP contribution in [0.3, 0.4) is 0 Å². The number of piperazine rings is 1. The number of rotatable bonds is 4. The molecule has 1 aromatic carbocycles. The molecule has 1 aliphatic rings. The van der Waals surface area contributed by atoms with E-state index in [0.717, 1.165) is 24.2 Å². The van der Waals surface area contributed by atoms with E-state index in [2.05, 4.69) is 15.6 Å². The van der Waals surface area contributed by atoms with Crippen LogP contribution in [-0.2, 0) is 11.3 Å². The third kappa shape index (κ3) is 4.22. The number of carbonyl (C=O) groups excluding carboxylic acids is 2. The van der Waals surface area contributed by atoms with Gasteiger partial charge in [0.25, 0.3) is 5.91 Å². The summed E-state index contributed by atoms with van der Waals surface area (Å²) < 4.78 is 0. The molecule has 0 spiro atoms. The van der Waals surface area contributed by atoms with E-state index in [1.807, 2.05) is 47.5 Å². The molecule has 2 heterocycles. The number of benzene rings is 1. The highest BCUT2D eigenvalue weighted by atomic mass is 16.2. The molecule has 25 heavy (non-hydrogen) atoms. The Morgan fingerprint density at radius 1 is 1.28 bits per heavy atom. The number of hydrogen-bond donors (Lipinski definition) is 2. The smallest absolute Gasteiger partial charge is 0.254 e. The van der Waals surface area contributed by atoms with Crippen LogP contribution in [0.15, 0.2) is 48.8 Å². The van der Waals surface area contributed by atoms with E-state index in [0.29, 0.717) is 18.7 Å². The first-order chi connectivity index (χ1) is 12.1. The monoisotopic (exact) mass is 338 g/mol. The molecule has 1 aliphatic heterocycles. The molecule has 0 bridgehead atoms. The zero-order valence-electron chi connectivity index (χ0n) is 14.2. The second kappa shape index (κ2) is 7.90. The molecule has 2 amide bonds. The van der Waals surface area contributed by atoms with Gasteiger partial charge in [0, 0.05) is 51.1 Å². The van der Waals surface area contributed by atoms with Crippen molar-refractivity contribution in [2.24, 2.45) is 0 Å². The molecule has 6 heteroatoms. The normalized spacial score (nSPS) is 17.2. The zero-order chi connectivity index (χ0) is 17.6. The Kier molecular flexibility index (Phi) is 5.40. The Bertz CT molecular complexity index is 731. The molecule has 2 N–H and O–H groups in total. The summed E-state index contributed by atoms with van der Waals surface area (Å²) in [5, 5.41) is 6.10. The third-order valence-corrected chi connectivity index (χ3v) is 4.32. The number of nitrogens with zero attached hydrogens (tertiary/aromatic N) is 2. The number of aromatic nitrogens is 1. The van der Waals surface area contributed by atoms with Crippen LogP contribution in [0.5, 0.6) is 0 Å². The van der Waals surface area contributed by atoms with E-state index in [-0.39, 0.29) is 17.9 Å². The number of carbonyl (C=O) groups is 2. The summed E-state index contributed by atoms with van der Waals surface area (Å²) >= 11 is 0. The number of pyridine rings is 1. The van der Waals surface area contributed by atoms with E-state index in [1.54, 1.807) is 6.20 Å². The zero-order valence-corrected chi connectivity index (χ0v) is 14.2. The van der Waals surface area contributed by atoms with Gasteiger partial charge in [-0.3, -0.25) is 14.6 Å². The number of nitrogens with one attached hydrogen (secondary N) is 2. The summed E-state index contributed by atoms with van der Waals surface area (Å²) in [6.45, 7) is 4.11. The summed E-state index contributed by atoms with van der Waals surface area (Å²) in [6.07, 6.45) is 3.55. The fourth-order valence-electron chi connectivity index (χ4n) is 2.98. The van der Waals surface area contributed by atoms with E-state index < -0.39 is 0 Å². The van der Waals surface area contributed by atoms with Crippen molar-refractivity contribution < 1.29 is 9.59 Å². The van der Waals surface area contributed by atoms with E-state index >= 15 is 0 Å². The maximum absolute atomic E-state index is 13.0. The average Bonchev–Trinajstić information content (AvgIpc) is 2.67. The molecular formula is C19H22N4O2. The fourth-order valence-corrected chi connectivity index (χ4v) is 2.98. The van der Waals surface area contributed by atoms with Gasteiger partial charge in [-0.15, -0.1) is 0 Å². The Labute approximate surface area is 147 Å². The number of amides is 2. The van der Waals surface area contributed by atoms with Gasteiger partial charge in [-0.2, -0.15) is 0 Å². The van der Waals surface area contributed by atoms with Crippen molar-refractivity contribution in [1.82, 2.24) is 20.5 Å². The molecule has 2 aromatic rings. The van der Waals surface area contributed by atoms with Crippen molar-refractivity contribution in [3.63, 3.8) is 0 Å². The molecule has 1 fully saturated rings. The van der Waals surface area contributed by atoms with Crippen molar-refractivity contribution in [2.75, 3.05) is 19.6 Å². The van der Waals surface area contributed by atoms with E-state index in [1.165, 1.54) is 6.92 Å². The van der Waals surface area contributed by atoms with Gasteiger partial charge in [-0.05, 0) is 29.3 Å². The molecular weight excluding hydrogens is 316 g/mol. The standard InChI is InChI=1S/C19H22N4O2/c1-14(24)22-11-15-4-6-16(7-5-15)19(25)23-10-9-21-13-18(23)17-3-2-8-20-12-17/h2-8,12,18,21H,9-11,13H2,1H3,(H,22,24). The molecule has 1 aromatic heterocycles. The highest BCUT2D eigenvalue weighted by Gasteiger charge is 2.28. The summed E-state index contributed by atoms with van der Waals surface area (Å²) in [4.78, 5) is 30.0. The van der Waals surface area contributed by atoms with Crippen molar-refractivity contribution in [1.29, 1.82) is 0 Å². The molecule has 1 unspecified atom stereocenters. The third-order valence-electron chi connectivity index (χ3n) is 4.32. The molecule has 1 saturated heterocycles.